The van der Waals surface area contributed by atoms with Crippen LogP contribution in [0.3, 0.4) is 0 Å². The van der Waals surface area contributed by atoms with E-state index in [1.165, 1.54) is 11.3 Å². The first-order valence-electron chi connectivity index (χ1n) is 10.7. The molecule has 8 nitrogen and oxygen atoms in total. The van der Waals surface area contributed by atoms with Gasteiger partial charge in [0.1, 0.15) is 11.2 Å². The SMILES string of the molecule is C[C@@H]1CNc2c(sc3ccc4nc(-c5cnn(C6CN(CC=O)C6)c5)ccc4c23)C(=O)N1. The number of nitrogens with zero attached hydrogens (tertiary/aromatic N) is 4. The van der Waals surface area contributed by atoms with Gasteiger partial charge in [-0.15, -0.1) is 11.3 Å². The van der Waals surface area contributed by atoms with E-state index in [-0.39, 0.29) is 11.9 Å². The highest BCUT2D eigenvalue weighted by Gasteiger charge is 2.28. The molecule has 2 aliphatic rings. The van der Waals surface area contributed by atoms with Crippen LogP contribution in [0.1, 0.15) is 22.6 Å². The number of carbonyl (C=O) groups is 2. The maximum Gasteiger partial charge on any atom is 0.263 e. The van der Waals surface area contributed by atoms with Crippen molar-refractivity contribution in [3.05, 3.63) is 41.5 Å². The van der Waals surface area contributed by atoms with Gasteiger partial charge in [0.25, 0.3) is 5.91 Å². The Bertz CT molecular complexity index is 1370. The molecule has 1 aromatic carbocycles. The van der Waals surface area contributed by atoms with Gasteiger partial charge in [0, 0.05) is 52.9 Å². The summed E-state index contributed by atoms with van der Waals surface area (Å²) < 4.78 is 3.04. The second-order valence-corrected chi connectivity index (χ2v) is 9.56. The fraction of sp³-hybridized carbons (Fsp3) is 0.304. The molecule has 1 fully saturated rings. The molecular weight excluding hydrogens is 424 g/mol. The summed E-state index contributed by atoms with van der Waals surface area (Å²) in [6, 6.07) is 8.55. The molecule has 1 amide bonds. The zero-order chi connectivity index (χ0) is 21.8. The van der Waals surface area contributed by atoms with Crippen molar-refractivity contribution in [3.63, 3.8) is 0 Å². The average Bonchev–Trinajstić information content (AvgIpc) is 3.36. The largest absolute Gasteiger partial charge is 0.381 e. The summed E-state index contributed by atoms with van der Waals surface area (Å²) in [4.78, 5) is 31.0. The summed E-state index contributed by atoms with van der Waals surface area (Å²) >= 11 is 1.52. The number of amides is 1. The molecule has 32 heavy (non-hydrogen) atoms. The quantitative estimate of drug-likeness (QED) is 0.469. The van der Waals surface area contributed by atoms with Crippen molar-refractivity contribution in [3.8, 4) is 11.3 Å². The topological polar surface area (TPSA) is 92.2 Å². The number of thiophene rings is 1. The monoisotopic (exact) mass is 446 g/mol. The molecule has 0 aliphatic carbocycles. The Balaban J connectivity index is 1.36. The number of rotatable bonds is 4. The van der Waals surface area contributed by atoms with Crippen LogP contribution in [0.25, 0.3) is 32.2 Å². The predicted molar refractivity (Wildman–Crippen MR) is 125 cm³/mol. The average molecular weight is 447 g/mol. The summed E-state index contributed by atoms with van der Waals surface area (Å²) in [7, 11) is 0. The van der Waals surface area contributed by atoms with Crippen LogP contribution in [0.4, 0.5) is 5.69 Å². The second kappa shape index (κ2) is 7.39. The number of carbonyl (C=O) groups excluding carboxylic acids is 2. The van der Waals surface area contributed by atoms with Crippen molar-refractivity contribution in [2.24, 2.45) is 0 Å². The normalized spacial score (nSPS) is 19.3. The number of aromatic nitrogens is 3. The van der Waals surface area contributed by atoms with Crippen molar-refractivity contribution in [1.29, 1.82) is 0 Å². The number of nitrogens with one attached hydrogen (secondary N) is 2. The van der Waals surface area contributed by atoms with E-state index in [2.05, 4.69) is 26.7 Å². The first kappa shape index (κ1) is 19.4. The number of fused-ring (bicyclic) bond motifs is 5. The zero-order valence-electron chi connectivity index (χ0n) is 17.5. The van der Waals surface area contributed by atoms with E-state index >= 15 is 0 Å². The highest BCUT2D eigenvalue weighted by Crippen LogP contribution is 2.41. The van der Waals surface area contributed by atoms with E-state index < -0.39 is 0 Å². The fourth-order valence-corrected chi connectivity index (χ4v) is 5.62. The Morgan fingerprint density at radius 1 is 1.25 bits per heavy atom. The van der Waals surface area contributed by atoms with Crippen LogP contribution in [-0.2, 0) is 4.79 Å². The van der Waals surface area contributed by atoms with Crippen LogP contribution in [0.2, 0.25) is 0 Å². The minimum Gasteiger partial charge on any atom is -0.381 e. The Hall–Kier alpha value is -3.30. The molecule has 3 aromatic heterocycles. The van der Waals surface area contributed by atoms with Crippen molar-refractivity contribution in [1.82, 2.24) is 25.0 Å². The highest BCUT2D eigenvalue weighted by molar-refractivity contribution is 7.21. The van der Waals surface area contributed by atoms with E-state index in [0.717, 1.165) is 62.2 Å². The lowest BCUT2D eigenvalue weighted by molar-refractivity contribution is -0.110. The van der Waals surface area contributed by atoms with E-state index in [4.69, 9.17) is 4.98 Å². The minimum absolute atomic E-state index is 0.0217. The minimum atomic E-state index is -0.0217. The predicted octanol–water partition coefficient (Wildman–Crippen LogP) is 2.91. The lowest BCUT2D eigenvalue weighted by atomic mass is 10.1. The van der Waals surface area contributed by atoms with Crippen LogP contribution in [-0.4, -0.2) is 64.1 Å². The first-order chi connectivity index (χ1) is 15.6. The number of anilines is 1. The van der Waals surface area contributed by atoms with E-state index in [0.29, 0.717) is 19.1 Å². The van der Waals surface area contributed by atoms with Gasteiger partial charge in [-0.1, -0.05) is 0 Å². The molecule has 0 saturated carbocycles. The Labute approximate surface area is 188 Å². The van der Waals surface area contributed by atoms with E-state index in [9.17, 15) is 9.59 Å². The Kier molecular flexibility index (Phi) is 4.48. The lowest BCUT2D eigenvalue weighted by Crippen LogP contribution is -2.48. The van der Waals surface area contributed by atoms with Crippen molar-refractivity contribution < 1.29 is 9.59 Å². The molecule has 162 valence electrons. The molecule has 2 N–H and O–H groups in total. The van der Waals surface area contributed by atoms with E-state index in [1.807, 2.05) is 42.2 Å². The van der Waals surface area contributed by atoms with Gasteiger partial charge in [0.05, 0.1) is 35.7 Å². The molecule has 1 atom stereocenters. The summed E-state index contributed by atoms with van der Waals surface area (Å²) in [6.07, 6.45) is 4.81. The number of benzene rings is 1. The second-order valence-electron chi connectivity index (χ2n) is 8.51. The maximum absolute atomic E-state index is 12.6. The number of hydrogen-bond donors (Lipinski definition) is 2. The summed E-state index contributed by atoms with van der Waals surface area (Å²) in [5.41, 5.74) is 3.64. The van der Waals surface area contributed by atoms with E-state index in [1.54, 1.807) is 0 Å². The molecule has 2 aliphatic heterocycles. The number of hydrogen-bond acceptors (Lipinski definition) is 7. The van der Waals surface area contributed by atoms with Gasteiger partial charge in [-0.3, -0.25) is 14.4 Å². The molecule has 0 bridgehead atoms. The summed E-state index contributed by atoms with van der Waals surface area (Å²) in [6.45, 7) is 4.85. The fourth-order valence-electron chi connectivity index (χ4n) is 4.52. The van der Waals surface area contributed by atoms with Crippen LogP contribution < -0.4 is 10.6 Å². The van der Waals surface area contributed by atoms with Gasteiger partial charge in [-0.05, 0) is 31.2 Å². The smallest absolute Gasteiger partial charge is 0.263 e. The van der Waals surface area contributed by atoms with Crippen molar-refractivity contribution in [2.45, 2.75) is 19.0 Å². The molecule has 0 spiro atoms. The third kappa shape index (κ3) is 3.08. The first-order valence-corrected chi connectivity index (χ1v) is 11.5. The zero-order valence-corrected chi connectivity index (χ0v) is 18.4. The van der Waals surface area contributed by atoms with Crippen LogP contribution >= 0.6 is 11.3 Å². The number of aldehydes is 1. The van der Waals surface area contributed by atoms with Gasteiger partial charge in [0.2, 0.25) is 0 Å². The van der Waals surface area contributed by atoms with Gasteiger partial charge in [0.15, 0.2) is 0 Å². The van der Waals surface area contributed by atoms with Gasteiger partial charge < -0.3 is 15.4 Å². The van der Waals surface area contributed by atoms with Crippen molar-refractivity contribution >= 4 is 50.2 Å². The molecule has 1 saturated heterocycles. The van der Waals surface area contributed by atoms with Crippen molar-refractivity contribution in [2.75, 3.05) is 31.5 Å². The number of likely N-dealkylation sites (tertiary alicyclic amines) is 1. The standard InChI is InChI=1S/C23H22N6O2S/c1-13-8-24-21-20-16-2-3-17(14-9-25-29(10-14)15-11-28(12-15)6-7-30)27-18(16)4-5-19(20)32-22(21)23(31)26-13/h2-5,7,9-10,13,15,24H,6,8,11-12H2,1H3,(H,26,31)/t13-/m1/s1. The molecule has 4 aromatic rings. The molecule has 5 heterocycles. The molecule has 0 radical (unpaired) electrons. The Morgan fingerprint density at radius 2 is 2.12 bits per heavy atom. The maximum atomic E-state index is 12.6. The number of pyridine rings is 1. The van der Waals surface area contributed by atoms with Gasteiger partial charge >= 0.3 is 0 Å². The third-order valence-electron chi connectivity index (χ3n) is 6.23. The van der Waals surface area contributed by atoms with Crippen LogP contribution in [0.5, 0.6) is 0 Å². The van der Waals surface area contributed by atoms with Gasteiger partial charge in [-0.2, -0.15) is 5.10 Å². The molecule has 0 unspecified atom stereocenters. The Morgan fingerprint density at radius 3 is 2.97 bits per heavy atom. The lowest BCUT2D eigenvalue weighted by Gasteiger charge is -2.37. The highest BCUT2D eigenvalue weighted by atomic mass is 32.1. The van der Waals surface area contributed by atoms with Gasteiger partial charge in [-0.25, -0.2) is 4.98 Å². The molecule has 9 heteroatoms. The molecule has 6 rings (SSSR count). The molecular formula is C23H22N6O2S. The summed E-state index contributed by atoms with van der Waals surface area (Å²) in [5, 5.41) is 13.1. The van der Waals surface area contributed by atoms with Crippen LogP contribution in [0.15, 0.2) is 36.7 Å². The third-order valence-corrected chi connectivity index (χ3v) is 7.39. The van der Waals surface area contributed by atoms with Crippen LogP contribution in [0, 0.1) is 0 Å². The summed E-state index contributed by atoms with van der Waals surface area (Å²) in [5.74, 6) is -0.0217.